The third kappa shape index (κ3) is 12.5. The smallest absolute Gasteiger partial charge is 0.303 e. The maximum absolute atomic E-state index is 10.9. The zero-order valence-electron chi connectivity index (χ0n) is 28.5. The first-order valence-electron chi connectivity index (χ1n) is 15.9. The molecular formula is C33H63NO5Si2. The Bertz CT molecular complexity index is 883. The van der Waals surface area contributed by atoms with Crippen molar-refractivity contribution in [3.63, 3.8) is 0 Å². The number of oxime groups is 1. The first kappa shape index (κ1) is 37.8. The van der Waals surface area contributed by atoms with Crippen LogP contribution in [0.3, 0.4) is 0 Å². The van der Waals surface area contributed by atoms with Gasteiger partial charge in [0, 0.05) is 24.7 Å². The van der Waals surface area contributed by atoms with Crippen LogP contribution in [0.2, 0.25) is 36.3 Å². The molecule has 0 aromatic carbocycles. The van der Waals surface area contributed by atoms with Crippen LogP contribution in [0.4, 0.5) is 0 Å². The van der Waals surface area contributed by atoms with Gasteiger partial charge in [-0.1, -0.05) is 97.2 Å². The van der Waals surface area contributed by atoms with E-state index in [1.807, 2.05) is 0 Å². The summed E-state index contributed by atoms with van der Waals surface area (Å²) in [5, 5.41) is 13.7. The van der Waals surface area contributed by atoms with Crippen molar-refractivity contribution in [3.8, 4) is 0 Å². The molecule has 1 fully saturated rings. The predicted octanol–water partition coefficient (Wildman–Crippen LogP) is 9.74. The van der Waals surface area contributed by atoms with Crippen LogP contribution in [0.5, 0.6) is 0 Å². The van der Waals surface area contributed by atoms with Crippen LogP contribution >= 0.6 is 0 Å². The molecule has 0 heterocycles. The second-order valence-corrected chi connectivity index (χ2v) is 24.4. The lowest BCUT2D eigenvalue weighted by molar-refractivity contribution is -0.137. The van der Waals surface area contributed by atoms with Gasteiger partial charge in [-0.3, -0.25) is 4.79 Å². The Labute approximate surface area is 254 Å². The lowest BCUT2D eigenvalue weighted by Gasteiger charge is -2.40. The third-order valence-electron chi connectivity index (χ3n) is 9.40. The minimum absolute atomic E-state index is 0.0376. The molecule has 41 heavy (non-hydrogen) atoms. The predicted molar refractivity (Wildman–Crippen MR) is 179 cm³/mol. The summed E-state index contributed by atoms with van der Waals surface area (Å²) in [5.41, 5.74) is 1.05. The van der Waals surface area contributed by atoms with E-state index in [4.69, 9.17) is 18.8 Å². The summed E-state index contributed by atoms with van der Waals surface area (Å²) >= 11 is 0. The van der Waals surface area contributed by atoms with Crippen LogP contribution in [0.1, 0.15) is 106 Å². The van der Waals surface area contributed by atoms with Crippen molar-refractivity contribution >= 4 is 28.3 Å². The molecule has 0 aromatic rings. The van der Waals surface area contributed by atoms with Crippen molar-refractivity contribution in [2.45, 2.75) is 155 Å². The number of carboxylic acids is 1. The second kappa shape index (κ2) is 16.6. The summed E-state index contributed by atoms with van der Waals surface area (Å²) < 4.78 is 14.0. The van der Waals surface area contributed by atoms with Crippen molar-refractivity contribution in [3.05, 3.63) is 24.3 Å². The van der Waals surface area contributed by atoms with Gasteiger partial charge in [-0.15, -0.1) is 0 Å². The highest BCUT2D eigenvalue weighted by Crippen LogP contribution is 2.44. The fourth-order valence-electron chi connectivity index (χ4n) is 4.75. The lowest BCUT2D eigenvalue weighted by Crippen LogP contribution is -2.45. The van der Waals surface area contributed by atoms with Gasteiger partial charge in [0.1, 0.15) is 7.11 Å². The van der Waals surface area contributed by atoms with Gasteiger partial charge in [0.05, 0.1) is 17.9 Å². The molecule has 1 N–H and O–H groups in total. The molecule has 0 radical (unpaired) electrons. The highest BCUT2D eigenvalue weighted by atomic mass is 28.4. The summed E-state index contributed by atoms with van der Waals surface area (Å²) in [6, 6.07) is 0. The van der Waals surface area contributed by atoms with Crippen molar-refractivity contribution < 1.29 is 23.6 Å². The highest BCUT2D eigenvalue weighted by molar-refractivity contribution is 6.74. The quantitative estimate of drug-likeness (QED) is 0.0769. The summed E-state index contributed by atoms with van der Waals surface area (Å²) in [4.78, 5) is 16.2. The SMILES string of the molecule is CCCCC[C@@H](/C=C/[C@H]1[C@H](O[Si](C)(C)C(C)(C)C)C/C(=N/OC)[C@@H]1C/C=C\CCCC(=O)O)O[Si](C)(C)C(C)(C)C. The van der Waals surface area contributed by atoms with E-state index in [0.717, 1.165) is 37.8 Å². The summed E-state index contributed by atoms with van der Waals surface area (Å²) in [7, 11) is -2.35. The second-order valence-electron chi connectivity index (χ2n) is 14.9. The molecule has 0 spiro atoms. The number of hydrogen-bond acceptors (Lipinski definition) is 5. The fraction of sp³-hybridized carbons (Fsp3) is 0.818. The Morgan fingerprint density at radius 2 is 1.66 bits per heavy atom. The number of nitrogens with zero attached hydrogens (tertiary/aromatic N) is 1. The van der Waals surface area contributed by atoms with E-state index in [1.165, 1.54) is 12.8 Å². The summed E-state index contributed by atoms with van der Waals surface area (Å²) in [6.45, 7) is 25.4. The topological polar surface area (TPSA) is 77.4 Å². The fourth-order valence-corrected chi connectivity index (χ4v) is 7.41. The number of carboxylic acid groups (broad SMARTS) is 1. The normalized spacial score (nSPS) is 22.7. The Kier molecular flexibility index (Phi) is 15.3. The molecule has 0 aliphatic heterocycles. The van der Waals surface area contributed by atoms with Crippen LogP contribution in [-0.2, 0) is 18.5 Å². The van der Waals surface area contributed by atoms with Gasteiger partial charge >= 0.3 is 5.97 Å². The molecule has 0 bridgehead atoms. The van der Waals surface area contributed by atoms with Crippen LogP contribution < -0.4 is 0 Å². The van der Waals surface area contributed by atoms with Crippen molar-refractivity contribution in [2.24, 2.45) is 17.0 Å². The first-order valence-corrected chi connectivity index (χ1v) is 21.7. The molecule has 0 unspecified atom stereocenters. The van der Waals surface area contributed by atoms with Crippen molar-refractivity contribution in [2.75, 3.05) is 7.11 Å². The molecule has 8 heteroatoms. The summed E-state index contributed by atoms with van der Waals surface area (Å²) in [5.74, 6) is -0.410. The maximum Gasteiger partial charge on any atom is 0.303 e. The van der Waals surface area contributed by atoms with E-state index >= 15 is 0 Å². The zero-order chi connectivity index (χ0) is 31.5. The number of rotatable bonds is 17. The largest absolute Gasteiger partial charge is 0.481 e. The van der Waals surface area contributed by atoms with Gasteiger partial charge in [-0.25, -0.2) is 0 Å². The molecule has 1 saturated carbocycles. The molecule has 0 saturated heterocycles. The van der Waals surface area contributed by atoms with E-state index in [-0.39, 0.29) is 40.5 Å². The first-order chi connectivity index (χ1) is 18.9. The molecule has 1 rings (SSSR count). The van der Waals surface area contributed by atoms with Crippen molar-refractivity contribution in [1.82, 2.24) is 0 Å². The Balaban J connectivity index is 3.38. The zero-order valence-corrected chi connectivity index (χ0v) is 30.5. The minimum Gasteiger partial charge on any atom is -0.481 e. The van der Waals surface area contributed by atoms with Gasteiger partial charge < -0.3 is 18.8 Å². The summed E-state index contributed by atoms with van der Waals surface area (Å²) in [6.07, 6.45) is 17.0. The molecule has 4 atom stereocenters. The van der Waals surface area contributed by atoms with E-state index in [9.17, 15) is 4.79 Å². The number of allylic oxidation sites excluding steroid dienone is 2. The molecule has 1 aliphatic rings. The maximum atomic E-state index is 10.9. The van der Waals surface area contributed by atoms with Gasteiger partial charge in [0.15, 0.2) is 16.6 Å². The number of unbranched alkanes of at least 4 members (excludes halogenated alkanes) is 3. The van der Waals surface area contributed by atoms with E-state index in [0.29, 0.717) is 6.42 Å². The minimum atomic E-state index is -2.03. The number of carbonyl (C=O) groups is 1. The molecule has 0 amide bonds. The van der Waals surface area contributed by atoms with Crippen LogP contribution in [0.15, 0.2) is 29.5 Å². The number of aliphatic carboxylic acids is 1. The van der Waals surface area contributed by atoms with Crippen LogP contribution in [-0.4, -0.2) is 52.7 Å². The van der Waals surface area contributed by atoms with Crippen LogP contribution in [0, 0.1) is 11.8 Å². The van der Waals surface area contributed by atoms with E-state index in [2.05, 4.69) is 104 Å². The van der Waals surface area contributed by atoms with Gasteiger partial charge in [-0.2, -0.15) is 0 Å². The monoisotopic (exact) mass is 609 g/mol. The Hall–Kier alpha value is -1.23. The Morgan fingerprint density at radius 3 is 2.20 bits per heavy atom. The molecule has 1 aliphatic carbocycles. The van der Waals surface area contributed by atoms with Gasteiger partial charge in [0.2, 0.25) is 0 Å². The standard InChI is InChI=1S/C33H63NO5Si2/c1-13-14-17-20-26(38-40(9,10)32(2,3)4)23-24-28-27(21-18-15-16-19-22-31(35)36)29(34-37-8)25-30(28)39-41(11,12)33(5,6)7/h15,18,23-24,26-28,30H,13-14,16-17,19-22,25H2,1-12H3,(H,35,36)/b18-15-,24-23+,34-29-/t26-,27+,28+,30+/m0/s1. The average Bonchev–Trinajstić information content (AvgIpc) is 3.13. The third-order valence-corrected chi connectivity index (χ3v) is 18.4. The van der Waals surface area contributed by atoms with E-state index < -0.39 is 22.6 Å². The average molecular weight is 610 g/mol. The number of hydrogen-bond donors (Lipinski definition) is 1. The van der Waals surface area contributed by atoms with Crippen molar-refractivity contribution in [1.29, 1.82) is 0 Å². The van der Waals surface area contributed by atoms with Gasteiger partial charge in [-0.05, 0) is 61.9 Å². The molecule has 6 nitrogen and oxygen atoms in total. The Morgan fingerprint density at radius 1 is 1.02 bits per heavy atom. The van der Waals surface area contributed by atoms with E-state index in [1.54, 1.807) is 7.11 Å². The molecular weight excluding hydrogens is 547 g/mol. The lowest BCUT2D eigenvalue weighted by atomic mass is 9.89. The van der Waals surface area contributed by atoms with Crippen LogP contribution in [0.25, 0.3) is 0 Å². The molecule has 0 aromatic heterocycles. The molecule has 238 valence electrons. The van der Waals surface area contributed by atoms with Gasteiger partial charge in [0.25, 0.3) is 0 Å². The highest BCUT2D eigenvalue weighted by Gasteiger charge is 2.46.